The first-order valence-electron chi connectivity index (χ1n) is 12.0. The molecule has 0 radical (unpaired) electrons. The van der Waals surface area contributed by atoms with Gasteiger partial charge in [-0.15, -0.1) is 0 Å². The number of nitrogens with one attached hydrogen (secondary N) is 3. The Morgan fingerprint density at radius 3 is 2.55 bits per heavy atom. The number of benzene rings is 1. The second kappa shape index (κ2) is 11.2. The first kappa shape index (κ1) is 27.1. The zero-order valence-electron chi connectivity index (χ0n) is 21.0. The molecule has 200 valence electrons. The van der Waals surface area contributed by atoms with Crippen LogP contribution in [-0.4, -0.2) is 41.9 Å². The number of aryl methyl sites for hydroxylation is 1. The molecule has 1 saturated heterocycles. The van der Waals surface area contributed by atoms with E-state index >= 15 is 0 Å². The summed E-state index contributed by atoms with van der Waals surface area (Å²) in [5.74, 6) is -0.530. The first-order valence-corrected chi connectivity index (χ1v) is 12.0. The number of hydrogen-bond donors (Lipinski definition) is 3. The lowest BCUT2D eigenvalue weighted by atomic mass is 9.80. The molecule has 1 aliphatic rings. The Hall–Kier alpha value is -3.99. The summed E-state index contributed by atoms with van der Waals surface area (Å²) < 4.78 is 45.7. The Morgan fingerprint density at radius 2 is 1.89 bits per heavy atom. The summed E-state index contributed by atoms with van der Waals surface area (Å²) in [6.07, 6.45) is 0.348. The smallest absolute Gasteiger partial charge is 0.387 e. The molecule has 1 aromatic carbocycles. The standard InChI is InChI=1S/C27H28F3N5O3/c1-17-3-6-23(22(9-17)27(28,29)30)35-20-5-4-19(33-15-20)14-34-25(37)26(7-8-38-16-26)11-24(36)18-10-21(31-2)13-32-12-18/h3-6,9-10,12-13,15,31,35H,7-8,11,14,16H2,1-2H3,(H,34,37)/t26-/m0/s1. The number of alkyl halides is 3. The number of rotatable bonds is 9. The Kier molecular flexibility index (Phi) is 7.96. The number of aromatic nitrogens is 2. The van der Waals surface area contributed by atoms with Gasteiger partial charge in [-0.25, -0.2) is 0 Å². The largest absolute Gasteiger partial charge is 0.418 e. The van der Waals surface area contributed by atoms with Crippen LogP contribution in [-0.2, 0) is 22.3 Å². The van der Waals surface area contributed by atoms with Crippen molar-refractivity contribution in [1.82, 2.24) is 15.3 Å². The van der Waals surface area contributed by atoms with E-state index in [4.69, 9.17) is 4.74 Å². The molecule has 1 aliphatic heterocycles. The number of halogens is 3. The topological polar surface area (TPSA) is 105 Å². The maximum absolute atomic E-state index is 13.4. The van der Waals surface area contributed by atoms with Crippen LogP contribution < -0.4 is 16.0 Å². The average Bonchev–Trinajstić information content (AvgIpc) is 3.38. The highest BCUT2D eigenvalue weighted by atomic mass is 19.4. The summed E-state index contributed by atoms with van der Waals surface area (Å²) in [7, 11) is 1.73. The molecule has 3 N–H and O–H groups in total. The average molecular weight is 528 g/mol. The van der Waals surface area contributed by atoms with Crippen LogP contribution in [0, 0.1) is 12.3 Å². The van der Waals surface area contributed by atoms with Crippen LogP contribution in [0.15, 0.2) is 55.0 Å². The molecule has 1 fully saturated rings. The van der Waals surface area contributed by atoms with Crippen LogP contribution in [0.5, 0.6) is 0 Å². The van der Waals surface area contributed by atoms with Gasteiger partial charge in [-0.1, -0.05) is 11.6 Å². The van der Waals surface area contributed by atoms with Gasteiger partial charge < -0.3 is 20.7 Å². The van der Waals surface area contributed by atoms with Crippen LogP contribution in [0.1, 0.15) is 40.0 Å². The molecule has 0 aliphatic carbocycles. The van der Waals surface area contributed by atoms with E-state index in [9.17, 15) is 22.8 Å². The van der Waals surface area contributed by atoms with Gasteiger partial charge in [-0.05, 0) is 43.7 Å². The molecule has 4 rings (SSSR count). The highest BCUT2D eigenvalue weighted by molar-refractivity contribution is 6.00. The van der Waals surface area contributed by atoms with Crippen molar-refractivity contribution in [2.45, 2.75) is 32.5 Å². The maximum atomic E-state index is 13.4. The van der Waals surface area contributed by atoms with Crippen LogP contribution in [0.25, 0.3) is 0 Å². The lowest BCUT2D eigenvalue weighted by molar-refractivity contribution is -0.137. The van der Waals surface area contributed by atoms with Crippen molar-refractivity contribution in [3.63, 3.8) is 0 Å². The molecule has 0 bridgehead atoms. The SMILES string of the molecule is CNc1cncc(C(=O)C[C@@]2(C(=O)NCc3ccc(Nc4ccc(C)cc4C(F)(F)F)cn3)CCOC2)c1. The van der Waals surface area contributed by atoms with Crippen molar-refractivity contribution >= 4 is 28.8 Å². The Balaban J connectivity index is 1.40. The summed E-state index contributed by atoms with van der Waals surface area (Å²) in [5.41, 5.74) is 0.639. The fraction of sp³-hybridized carbons (Fsp3) is 0.333. The van der Waals surface area contributed by atoms with Crippen LogP contribution in [0.2, 0.25) is 0 Å². The number of anilines is 3. The minimum Gasteiger partial charge on any atom is -0.387 e. The summed E-state index contributed by atoms with van der Waals surface area (Å²) in [5, 5.41) is 8.53. The molecule has 2 aromatic heterocycles. The molecule has 1 atom stereocenters. The van der Waals surface area contributed by atoms with E-state index in [1.54, 1.807) is 44.4 Å². The van der Waals surface area contributed by atoms with Gasteiger partial charge in [-0.3, -0.25) is 19.6 Å². The molecular formula is C27H28F3N5O3. The number of nitrogens with zero attached hydrogens (tertiary/aromatic N) is 2. The highest BCUT2D eigenvalue weighted by Gasteiger charge is 2.44. The van der Waals surface area contributed by atoms with Gasteiger partial charge in [0.1, 0.15) is 0 Å². The predicted octanol–water partition coefficient (Wildman–Crippen LogP) is 4.89. The summed E-state index contributed by atoms with van der Waals surface area (Å²) in [4.78, 5) is 34.5. The number of hydrogen-bond acceptors (Lipinski definition) is 7. The Morgan fingerprint density at radius 1 is 1.08 bits per heavy atom. The number of carbonyl (C=O) groups excluding carboxylic acids is 2. The number of pyridine rings is 2. The molecule has 3 heterocycles. The maximum Gasteiger partial charge on any atom is 0.418 e. The highest BCUT2D eigenvalue weighted by Crippen LogP contribution is 2.37. The summed E-state index contributed by atoms with van der Waals surface area (Å²) >= 11 is 0. The molecule has 8 nitrogen and oxygen atoms in total. The monoisotopic (exact) mass is 527 g/mol. The van der Waals surface area contributed by atoms with Gasteiger partial charge in [0.15, 0.2) is 5.78 Å². The lowest BCUT2D eigenvalue weighted by Gasteiger charge is -2.25. The fourth-order valence-corrected chi connectivity index (χ4v) is 4.26. The van der Waals surface area contributed by atoms with Crippen molar-refractivity contribution in [2.24, 2.45) is 5.41 Å². The molecule has 38 heavy (non-hydrogen) atoms. The number of amides is 1. The van der Waals surface area contributed by atoms with Crippen molar-refractivity contribution in [3.05, 3.63) is 77.4 Å². The second-order valence-corrected chi connectivity index (χ2v) is 9.29. The normalized spacial score (nSPS) is 17.2. The summed E-state index contributed by atoms with van der Waals surface area (Å²) in [6.45, 7) is 2.18. The van der Waals surface area contributed by atoms with Crippen LogP contribution >= 0.6 is 0 Å². The van der Waals surface area contributed by atoms with Gasteiger partial charge >= 0.3 is 6.18 Å². The van der Waals surface area contributed by atoms with E-state index in [1.165, 1.54) is 18.5 Å². The Labute approximate surface area is 218 Å². The van der Waals surface area contributed by atoms with Gasteiger partial charge in [0.25, 0.3) is 0 Å². The van der Waals surface area contributed by atoms with Gasteiger partial charge in [-0.2, -0.15) is 13.2 Å². The van der Waals surface area contributed by atoms with E-state index in [0.717, 1.165) is 6.07 Å². The van der Waals surface area contributed by atoms with Crippen LogP contribution in [0.3, 0.4) is 0 Å². The zero-order valence-corrected chi connectivity index (χ0v) is 21.0. The molecular weight excluding hydrogens is 499 g/mol. The predicted molar refractivity (Wildman–Crippen MR) is 136 cm³/mol. The minimum absolute atomic E-state index is 0.0257. The Bertz CT molecular complexity index is 1310. The van der Waals surface area contributed by atoms with Crippen molar-refractivity contribution in [2.75, 3.05) is 30.9 Å². The molecule has 3 aromatic rings. The van der Waals surface area contributed by atoms with Crippen molar-refractivity contribution in [3.8, 4) is 0 Å². The summed E-state index contributed by atoms with van der Waals surface area (Å²) in [6, 6.07) is 8.94. The van der Waals surface area contributed by atoms with Gasteiger partial charge in [0.2, 0.25) is 5.91 Å². The molecule has 0 saturated carbocycles. The van der Waals surface area contributed by atoms with Gasteiger partial charge in [0, 0.05) is 38.0 Å². The van der Waals surface area contributed by atoms with E-state index in [2.05, 4.69) is 25.9 Å². The number of carbonyl (C=O) groups is 2. The van der Waals surface area contributed by atoms with Crippen molar-refractivity contribution in [1.29, 1.82) is 0 Å². The number of ether oxygens (including phenoxy) is 1. The quantitative estimate of drug-likeness (QED) is 0.341. The third kappa shape index (κ3) is 6.28. The molecule has 11 heteroatoms. The fourth-order valence-electron chi connectivity index (χ4n) is 4.26. The van der Waals surface area contributed by atoms with Crippen LogP contribution in [0.4, 0.5) is 30.2 Å². The molecule has 1 amide bonds. The van der Waals surface area contributed by atoms with Crippen molar-refractivity contribution < 1.29 is 27.5 Å². The third-order valence-electron chi connectivity index (χ3n) is 6.45. The third-order valence-corrected chi connectivity index (χ3v) is 6.45. The minimum atomic E-state index is -4.50. The van der Waals surface area contributed by atoms with E-state index in [-0.39, 0.29) is 37.0 Å². The zero-order chi connectivity index (χ0) is 27.3. The first-order chi connectivity index (χ1) is 18.1. The van der Waals surface area contributed by atoms with E-state index < -0.39 is 17.2 Å². The molecule has 0 spiro atoms. The molecule has 0 unspecified atom stereocenters. The van der Waals surface area contributed by atoms with E-state index in [0.29, 0.717) is 41.2 Å². The van der Waals surface area contributed by atoms with Gasteiger partial charge in [0.05, 0.1) is 53.1 Å². The number of Topliss-reactive ketones (excluding diaryl/α,β-unsaturated/α-hetero) is 1. The second-order valence-electron chi connectivity index (χ2n) is 9.29. The lowest BCUT2D eigenvalue weighted by Crippen LogP contribution is -2.42. The number of ketones is 1. The van der Waals surface area contributed by atoms with E-state index in [1.807, 2.05) is 0 Å².